The van der Waals surface area contributed by atoms with Crippen molar-refractivity contribution in [1.82, 2.24) is 10.6 Å². The second-order valence-electron chi connectivity index (χ2n) is 8.12. The summed E-state index contributed by atoms with van der Waals surface area (Å²) in [5, 5.41) is 24.8. The van der Waals surface area contributed by atoms with Crippen molar-refractivity contribution < 1.29 is 24.5 Å². The molecule has 2 unspecified atom stereocenters. The van der Waals surface area contributed by atoms with Crippen LogP contribution in [0.15, 0.2) is 59.8 Å². The molecule has 0 spiro atoms. The third-order valence-electron chi connectivity index (χ3n) is 5.66. The molecule has 168 valence electrons. The van der Waals surface area contributed by atoms with Gasteiger partial charge in [-0.3, -0.25) is 4.90 Å². The number of anilines is 1. The zero-order valence-electron chi connectivity index (χ0n) is 18.0. The Hall–Kier alpha value is -3.20. The second kappa shape index (κ2) is 9.12. The first-order valence-electron chi connectivity index (χ1n) is 10.6. The molecule has 2 aromatic rings. The van der Waals surface area contributed by atoms with Gasteiger partial charge in [-0.1, -0.05) is 36.4 Å². The summed E-state index contributed by atoms with van der Waals surface area (Å²) in [4.78, 5) is 27.6. The molecule has 32 heavy (non-hydrogen) atoms. The van der Waals surface area contributed by atoms with Gasteiger partial charge < -0.3 is 25.6 Å². The van der Waals surface area contributed by atoms with Crippen LogP contribution in [0, 0.1) is 6.92 Å². The predicted octanol–water partition coefficient (Wildman–Crippen LogP) is 2.08. The number of esters is 1. The Morgan fingerprint density at radius 2 is 1.88 bits per heavy atom. The number of rotatable bonds is 7. The number of carbonyl (C=O) groups is 2. The first kappa shape index (κ1) is 22.0. The van der Waals surface area contributed by atoms with Crippen LogP contribution in [0.1, 0.15) is 35.7 Å². The van der Waals surface area contributed by atoms with Crippen molar-refractivity contribution in [3.63, 3.8) is 0 Å². The first-order chi connectivity index (χ1) is 15.4. The number of nitrogens with one attached hydrogen (secondary N) is 2. The average molecular weight is 437 g/mol. The van der Waals surface area contributed by atoms with Gasteiger partial charge in [0, 0.05) is 18.3 Å². The zero-order chi connectivity index (χ0) is 22.8. The molecule has 0 aliphatic carbocycles. The minimum absolute atomic E-state index is 0.272. The first-order valence-corrected chi connectivity index (χ1v) is 10.6. The van der Waals surface area contributed by atoms with Gasteiger partial charge in [0.25, 0.3) is 0 Å². The minimum atomic E-state index is -1.17. The summed E-state index contributed by atoms with van der Waals surface area (Å²) in [5.74, 6) is -0.661. The second-order valence-corrected chi connectivity index (χ2v) is 8.12. The minimum Gasteiger partial charge on any atom is -0.459 e. The summed E-state index contributed by atoms with van der Waals surface area (Å²) in [7, 11) is 0. The van der Waals surface area contributed by atoms with Gasteiger partial charge >= 0.3 is 12.0 Å². The van der Waals surface area contributed by atoms with Crippen LogP contribution in [0.25, 0.3) is 0 Å². The van der Waals surface area contributed by atoms with Crippen LogP contribution in [0.2, 0.25) is 0 Å². The molecular weight excluding hydrogens is 410 g/mol. The Balaban J connectivity index is 1.72. The highest BCUT2D eigenvalue weighted by atomic mass is 16.5. The normalized spacial score (nSPS) is 21.2. The third-order valence-corrected chi connectivity index (χ3v) is 5.66. The molecule has 0 radical (unpaired) electrons. The van der Waals surface area contributed by atoms with E-state index in [2.05, 4.69) is 10.6 Å². The summed E-state index contributed by atoms with van der Waals surface area (Å²) in [6.45, 7) is 3.71. The fourth-order valence-corrected chi connectivity index (χ4v) is 3.85. The molecule has 0 saturated carbocycles. The quantitative estimate of drug-likeness (QED) is 0.389. The van der Waals surface area contributed by atoms with E-state index in [0.717, 1.165) is 23.2 Å². The van der Waals surface area contributed by atoms with Gasteiger partial charge in [-0.25, -0.2) is 9.59 Å². The number of carbonyl (C=O) groups excluding carboxylic acids is 2. The molecule has 2 aliphatic rings. The maximum Gasteiger partial charge on any atom is 0.338 e. The highest BCUT2D eigenvalue weighted by molar-refractivity contribution is 6.03. The van der Waals surface area contributed by atoms with Crippen LogP contribution < -0.4 is 15.5 Å². The number of hydrogen-bond acceptors (Lipinski definition) is 6. The van der Waals surface area contributed by atoms with Crippen LogP contribution in [0.4, 0.5) is 10.5 Å². The Bertz CT molecular complexity index is 1050. The Morgan fingerprint density at radius 1 is 1.19 bits per heavy atom. The molecule has 1 saturated heterocycles. The lowest BCUT2D eigenvalue weighted by Gasteiger charge is -2.35. The number of aryl methyl sites for hydroxylation is 1. The van der Waals surface area contributed by atoms with E-state index in [1.807, 2.05) is 49.4 Å². The summed E-state index contributed by atoms with van der Waals surface area (Å²) in [5.41, 5.74) is 4.22. The molecule has 0 bridgehead atoms. The Labute approximate surface area is 186 Å². The Morgan fingerprint density at radius 3 is 2.50 bits per heavy atom. The highest BCUT2D eigenvalue weighted by Gasteiger charge is 2.37. The van der Waals surface area contributed by atoms with Crippen molar-refractivity contribution >= 4 is 17.7 Å². The van der Waals surface area contributed by atoms with Gasteiger partial charge in [0.1, 0.15) is 12.7 Å². The van der Waals surface area contributed by atoms with E-state index in [1.165, 1.54) is 4.90 Å². The van der Waals surface area contributed by atoms with Crippen molar-refractivity contribution in [2.75, 3.05) is 24.7 Å². The van der Waals surface area contributed by atoms with Gasteiger partial charge in [-0.15, -0.1) is 0 Å². The monoisotopic (exact) mass is 437 g/mol. The van der Waals surface area contributed by atoms with Crippen LogP contribution in [-0.2, 0) is 9.53 Å². The molecule has 2 aromatic carbocycles. The van der Waals surface area contributed by atoms with Crippen LogP contribution in [-0.4, -0.2) is 48.1 Å². The lowest BCUT2D eigenvalue weighted by molar-refractivity contribution is -0.143. The zero-order valence-corrected chi connectivity index (χ0v) is 18.0. The predicted molar refractivity (Wildman–Crippen MR) is 119 cm³/mol. The van der Waals surface area contributed by atoms with Gasteiger partial charge in [0.05, 0.1) is 23.9 Å². The Kier molecular flexibility index (Phi) is 6.27. The molecule has 8 heteroatoms. The van der Waals surface area contributed by atoms with Crippen molar-refractivity contribution in [2.24, 2.45) is 0 Å². The van der Waals surface area contributed by atoms with Crippen molar-refractivity contribution in [3.05, 3.63) is 76.5 Å². The van der Waals surface area contributed by atoms with Crippen molar-refractivity contribution in [3.8, 4) is 0 Å². The van der Waals surface area contributed by atoms with Crippen molar-refractivity contribution in [2.45, 2.75) is 32.0 Å². The van der Waals surface area contributed by atoms with Crippen LogP contribution in [0.5, 0.6) is 0 Å². The molecular formula is C24H27N3O5. The van der Waals surface area contributed by atoms with E-state index >= 15 is 0 Å². The number of hydrogen-bond donors (Lipinski definition) is 4. The molecule has 2 amide bonds. The smallest absolute Gasteiger partial charge is 0.338 e. The number of allylic oxidation sites excluding steroid dienone is 1. The number of nitrogens with zero attached hydrogens (tertiary/aromatic N) is 1. The number of benzene rings is 2. The molecule has 3 atom stereocenters. The summed E-state index contributed by atoms with van der Waals surface area (Å²) >= 11 is 0. The van der Waals surface area contributed by atoms with Crippen molar-refractivity contribution in [1.29, 1.82) is 0 Å². The van der Waals surface area contributed by atoms with Gasteiger partial charge in [0.2, 0.25) is 0 Å². The number of aliphatic hydroxyl groups is 2. The van der Waals surface area contributed by atoms with E-state index < -0.39 is 24.7 Å². The standard InChI is InChI=1S/C24H27N3O5/c1-14-4-3-5-18(10-14)27-15(2)21(23(30)32-13-19(29)12-28)22(26-24(27)31)17-8-6-16(7-9-17)20-11-25-20/h3-10,19-20,22,25,28-29H,11-13H2,1-2H3,(H,26,31)/t19?,20?,22-/m1/s1. The van der Waals surface area contributed by atoms with E-state index in [4.69, 9.17) is 9.84 Å². The van der Waals surface area contributed by atoms with Crippen LogP contribution in [0.3, 0.4) is 0 Å². The lowest BCUT2D eigenvalue weighted by atomic mass is 9.93. The van der Waals surface area contributed by atoms with E-state index in [9.17, 15) is 14.7 Å². The number of amides is 2. The maximum atomic E-state index is 13.1. The molecule has 8 nitrogen and oxygen atoms in total. The fraction of sp³-hybridized carbons (Fsp3) is 0.333. The molecule has 0 aromatic heterocycles. The van der Waals surface area contributed by atoms with Gasteiger partial charge in [0.15, 0.2) is 0 Å². The molecule has 1 fully saturated rings. The molecule has 2 heterocycles. The summed E-state index contributed by atoms with van der Waals surface area (Å²) in [6.07, 6.45) is -1.17. The van der Waals surface area contributed by atoms with E-state index in [0.29, 0.717) is 17.4 Å². The van der Waals surface area contributed by atoms with Crippen LogP contribution >= 0.6 is 0 Å². The lowest BCUT2D eigenvalue weighted by Crippen LogP contribution is -2.48. The summed E-state index contributed by atoms with van der Waals surface area (Å²) < 4.78 is 5.28. The topological polar surface area (TPSA) is 121 Å². The number of urea groups is 1. The van der Waals surface area contributed by atoms with E-state index in [-0.39, 0.29) is 18.2 Å². The number of ether oxygens (including phenoxy) is 1. The summed E-state index contributed by atoms with van der Waals surface area (Å²) in [6, 6.07) is 14.5. The molecule has 4 rings (SSSR count). The maximum absolute atomic E-state index is 13.1. The average Bonchev–Trinajstić information content (AvgIpc) is 3.62. The van der Waals surface area contributed by atoms with Gasteiger partial charge in [-0.05, 0) is 42.7 Å². The largest absolute Gasteiger partial charge is 0.459 e. The highest BCUT2D eigenvalue weighted by Crippen LogP contribution is 2.35. The number of aliphatic hydroxyl groups excluding tert-OH is 2. The SMILES string of the molecule is CC1=C(C(=O)OCC(O)CO)[C@@H](c2ccc(C3CN3)cc2)NC(=O)N1c1cccc(C)c1. The molecule has 4 N–H and O–H groups in total. The fourth-order valence-electron chi connectivity index (χ4n) is 3.85. The van der Waals surface area contributed by atoms with E-state index in [1.54, 1.807) is 13.0 Å². The molecule has 2 aliphatic heterocycles. The third kappa shape index (κ3) is 4.52. The van der Waals surface area contributed by atoms with Gasteiger partial charge in [-0.2, -0.15) is 0 Å².